The van der Waals surface area contributed by atoms with E-state index in [0.29, 0.717) is 0 Å². The lowest BCUT2D eigenvalue weighted by Gasteiger charge is -2.22. The molecule has 0 spiro atoms. The molecule has 0 aromatic heterocycles. The average Bonchev–Trinajstić information content (AvgIpc) is 3.25. The van der Waals surface area contributed by atoms with E-state index < -0.39 is 0 Å². The number of rotatable bonds is 6. The molecule has 1 aromatic rings. The van der Waals surface area contributed by atoms with Crippen molar-refractivity contribution in [2.45, 2.75) is 25.7 Å². The van der Waals surface area contributed by atoms with Gasteiger partial charge >= 0.3 is 0 Å². The van der Waals surface area contributed by atoms with Gasteiger partial charge in [-0.3, -0.25) is 4.99 Å². The van der Waals surface area contributed by atoms with Gasteiger partial charge in [-0.25, -0.2) is 0 Å². The van der Waals surface area contributed by atoms with E-state index in [1.165, 1.54) is 24.1 Å². The van der Waals surface area contributed by atoms with Crippen molar-refractivity contribution >= 4 is 11.6 Å². The molecule has 1 heterocycles. The second-order valence-corrected chi connectivity index (χ2v) is 5.88. The van der Waals surface area contributed by atoms with E-state index in [1.54, 1.807) is 0 Å². The van der Waals surface area contributed by atoms with Crippen LogP contribution in [-0.4, -0.2) is 39.3 Å². The van der Waals surface area contributed by atoms with E-state index >= 15 is 0 Å². The summed E-state index contributed by atoms with van der Waals surface area (Å²) in [6.07, 6.45) is 4.85. The minimum atomic E-state index is 0.844. The number of fused-ring (bicyclic) bond motifs is 1. The summed E-state index contributed by atoms with van der Waals surface area (Å²) in [6, 6.07) is 8.58. The van der Waals surface area contributed by atoms with Crippen LogP contribution in [0.2, 0.25) is 0 Å². The normalized spacial score (nSPS) is 18.0. The van der Waals surface area contributed by atoms with Gasteiger partial charge < -0.3 is 15.0 Å². The molecule has 0 radical (unpaired) electrons. The highest BCUT2D eigenvalue weighted by atomic mass is 16.5. The molecule has 3 rings (SSSR count). The van der Waals surface area contributed by atoms with Crippen molar-refractivity contribution in [2.24, 2.45) is 10.9 Å². The largest absolute Gasteiger partial charge is 0.381 e. The molecule has 1 fully saturated rings. The Morgan fingerprint density at radius 3 is 3.05 bits per heavy atom. The number of nitrogens with zero attached hydrogens (tertiary/aromatic N) is 2. The van der Waals surface area contributed by atoms with Crippen LogP contribution in [0.5, 0.6) is 0 Å². The third kappa shape index (κ3) is 3.76. The van der Waals surface area contributed by atoms with Crippen LogP contribution in [0.25, 0.3) is 0 Å². The second-order valence-electron chi connectivity index (χ2n) is 5.88. The molecular formula is C17H25N3O. The Hall–Kier alpha value is -1.55. The first-order valence-corrected chi connectivity index (χ1v) is 8.02. The molecule has 21 heavy (non-hydrogen) atoms. The van der Waals surface area contributed by atoms with E-state index in [9.17, 15) is 0 Å². The monoisotopic (exact) mass is 287 g/mol. The van der Waals surface area contributed by atoms with Crippen molar-refractivity contribution in [3.8, 4) is 0 Å². The molecule has 4 heteroatoms. The van der Waals surface area contributed by atoms with E-state index in [0.717, 1.165) is 51.0 Å². The minimum absolute atomic E-state index is 0.844. The summed E-state index contributed by atoms with van der Waals surface area (Å²) in [5.74, 6) is 1.83. The summed E-state index contributed by atoms with van der Waals surface area (Å²) < 4.78 is 5.66. The van der Waals surface area contributed by atoms with E-state index in [1.807, 2.05) is 7.05 Å². The molecule has 1 aromatic carbocycles. The van der Waals surface area contributed by atoms with E-state index in [4.69, 9.17) is 4.74 Å². The molecule has 1 N–H and O–H groups in total. The van der Waals surface area contributed by atoms with Crippen LogP contribution in [0, 0.1) is 5.92 Å². The lowest BCUT2D eigenvalue weighted by Crippen LogP contribution is -2.41. The van der Waals surface area contributed by atoms with Crippen molar-refractivity contribution in [1.82, 2.24) is 5.32 Å². The van der Waals surface area contributed by atoms with Gasteiger partial charge in [-0.15, -0.1) is 0 Å². The van der Waals surface area contributed by atoms with Crippen molar-refractivity contribution < 1.29 is 4.74 Å². The second kappa shape index (κ2) is 6.94. The third-order valence-corrected chi connectivity index (χ3v) is 4.15. The number of guanidine groups is 1. The molecule has 1 aliphatic heterocycles. The smallest absolute Gasteiger partial charge is 0.198 e. The van der Waals surface area contributed by atoms with Gasteiger partial charge in [0.2, 0.25) is 0 Å². The predicted molar refractivity (Wildman–Crippen MR) is 87.0 cm³/mol. The SMILES string of the molecule is CN=C(NCCCOCC1CC1)N1CCc2ccccc21. The van der Waals surface area contributed by atoms with Crippen LogP contribution in [0.1, 0.15) is 24.8 Å². The first-order chi connectivity index (χ1) is 10.4. The molecule has 1 aliphatic carbocycles. The van der Waals surface area contributed by atoms with Crippen LogP contribution in [0.3, 0.4) is 0 Å². The summed E-state index contributed by atoms with van der Waals surface area (Å²) in [5.41, 5.74) is 2.70. The fourth-order valence-electron chi connectivity index (χ4n) is 2.76. The number of nitrogens with one attached hydrogen (secondary N) is 1. The van der Waals surface area contributed by atoms with Gasteiger partial charge in [-0.2, -0.15) is 0 Å². The topological polar surface area (TPSA) is 36.9 Å². The molecule has 0 atom stereocenters. The lowest BCUT2D eigenvalue weighted by atomic mass is 10.2. The number of aliphatic imine (C=N–C) groups is 1. The highest BCUT2D eigenvalue weighted by Crippen LogP contribution is 2.29. The maximum atomic E-state index is 5.66. The molecule has 114 valence electrons. The van der Waals surface area contributed by atoms with Crippen molar-refractivity contribution in [2.75, 3.05) is 38.3 Å². The van der Waals surface area contributed by atoms with Gasteiger partial charge in [0, 0.05) is 39.0 Å². The summed E-state index contributed by atoms with van der Waals surface area (Å²) >= 11 is 0. The number of hydrogen-bond acceptors (Lipinski definition) is 2. The summed E-state index contributed by atoms with van der Waals surface area (Å²) in [4.78, 5) is 6.69. The van der Waals surface area contributed by atoms with Gasteiger partial charge in [-0.1, -0.05) is 18.2 Å². The molecule has 0 unspecified atom stereocenters. The van der Waals surface area contributed by atoms with Gasteiger partial charge in [0.25, 0.3) is 0 Å². The number of anilines is 1. The van der Waals surface area contributed by atoms with Crippen molar-refractivity contribution in [3.05, 3.63) is 29.8 Å². The Balaban J connectivity index is 1.43. The molecule has 0 saturated heterocycles. The quantitative estimate of drug-likeness (QED) is 0.496. The third-order valence-electron chi connectivity index (χ3n) is 4.15. The number of ether oxygens (including phenoxy) is 1. The Morgan fingerprint density at radius 1 is 1.38 bits per heavy atom. The molecule has 0 amide bonds. The Labute approximate surface area is 127 Å². The zero-order valence-corrected chi connectivity index (χ0v) is 12.8. The summed E-state index contributed by atoms with van der Waals surface area (Å²) in [7, 11) is 1.85. The molecule has 4 nitrogen and oxygen atoms in total. The van der Waals surface area contributed by atoms with E-state index in [-0.39, 0.29) is 0 Å². The Bertz CT molecular complexity index is 497. The van der Waals surface area contributed by atoms with Gasteiger partial charge in [0.1, 0.15) is 0 Å². The van der Waals surface area contributed by atoms with E-state index in [2.05, 4.69) is 39.5 Å². The first kappa shape index (κ1) is 14.4. The Kier molecular flexibility index (Phi) is 4.76. The average molecular weight is 287 g/mol. The van der Waals surface area contributed by atoms with Crippen LogP contribution in [0.4, 0.5) is 5.69 Å². The van der Waals surface area contributed by atoms with Crippen molar-refractivity contribution in [3.63, 3.8) is 0 Å². The first-order valence-electron chi connectivity index (χ1n) is 8.02. The molecule has 0 bridgehead atoms. The standard InChI is InChI=1S/C17H25N3O/c1-18-17(19-10-4-12-21-13-14-7-8-14)20-11-9-15-5-2-3-6-16(15)20/h2-3,5-6,14H,4,7-13H2,1H3,(H,18,19). The molecule has 1 saturated carbocycles. The zero-order valence-electron chi connectivity index (χ0n) is 12.8. The maximum absolute atomic E-state index is 5.66. The zero-order chi connectivity index (χ0) is 14.5. The van der Waals surface area contributed by atoms with Crippen molar-refractivity contribution in [1.29, 1.82) is 0 Å². The minimum Gasteiger partial charge on any atom is -0.381 e. The predicted octanol–water partition coefficient (Wildman–Crippen LogP) is 2.44. The highest BCUT2D eigenvalue weighted by Gasteiger charge is 2.22. The molecule has 2 aliphatic rings. The van der Waals surface area contributed by atoms with Gasteiger partial charge in [0.15, 0.2) is 5.96 Å². The van der Waals surface area contributed by atoms with Crippen LogP contribution >= 0.6 is 0 Å². The number of benzene rings is 1. The summed E-state index contributed by atoms with van der Waals surface area (Å²) in [5, 5.41) is 3.45. The van der Waals surface area contributed by atoms with Crippen LogP contribution < -0.4 is 10.2 Å². The summed E-state index contributed by atoms with van der Waals surface area (Å²) in [6.45, 7) is 3.72. The van der Waals surface area contributed by atoms with Gasteiger partial charge in [-0.05, 0) is 43.2 Å². The Morgan fingerprint density at radius 2 is 2.24 bits per heavy atom. The lowest BCUT2D eigenvalue weighted by molar-refractivity contribution is 0.123. The highest BCUT2D eigenvalue weighted by molar-refractivity contribution is 5.97. The van der Waals surface area contributed by atoms with Crippen LogP contribution in [-0.2, 0) is 11.2 Å². The number of para-hydroxylation sites is 1. The fourth-order valence-corrected chi connectivity index (χ4v) is 2.76. The van der Waals surface area contributed by atoms with Gasteiger partial charge in [0.05, 0.1) is 0 Å². The fraction of sp³-hybridized carbons (Fsp3) is 0.588. The molecular weight excluding hydrogens is 262 g/mol. The maximum Gasteiger partial charge on any atom is 0.198 e. The number of hydrogen-bond donors (Lipinski definition) is 1. The van der Waals surface area contributed by atoms with Crippen LogP contribution in [0.15, 0.2) is 29.3 Å².